The third-order valence-electron chi connectivity index (χ3n) is 0.935. The predicted octanol–water partition coefficient (Wildman–Crippen LogP) is 0.990. The normalized spacial score (nSPS) is 13.5. The fourth-order valence-corrected chi connectivity index (χ4v) is 0.553. The summed E-state index contributed by atoms with van der Waals surface area (Å²) in [4.78, 5) is 0. The Morgan fingerprint density at radius 1 is 1.27 bits per heavy atom. The number of nitrogens with two attached hydrogens (primary N) is 1. The van der Waals surface area contributed by atoms with Crippen molar-refractivity contribution in [1.82, 2.24) is 10.6 Å². The summed E-state index contributed by atoms with van der Waals surface area (Å²) in [6, 6.07) is 0. The molecule has 3 nitrogen and oxygen atoms in total. The summed E-state index contributed by atoms with van der Waals surface area (Å²) in [6.45, 7) is 4.00. The molecule has 0 bridgehead atoms. The Balaban J connectivity index is 0.000000461. The summed E-state index contributed by atoms with van der Waals surface area (Å²) >= 11 is 0. The first kappa shape index (κ1) is 9.62. The fraction of sp³-hybridized carbons (Fsp3) is 0.250. The molecular weight excluding hydrogens is 138 g/mol. The Labute approximate surface area is 67.7 Å². The van der Waals surface area contributed by atoms with E-state index in [1.54, 1.807) is 6.08 Å². The predicted molar refractivity (Wildman–Crippen MR) is 48.2 cm³/mol. The summed E-state index contributed by atoms with van der Waals surface area (Å²) in [5, 5.41) is 5.91. The Morgan fingerprint density at radius 3 is 2.27 bits per heavy atom. The molecule has 0 aromatic carbocycles. The highest BCUT2D eigenvalue weighted by molar-refractivity contribution is 5.16. The molecule has 4 N–H and O–H groups in total. The lowest BCUT2D eigenvalue weighted by Gasteiger charge is -1.94. The van der Waals surface area contributed by atoms with Gasteiger partial charge in [0.2, 0.25) is 0 Å². The van der Waals surface area contributed by atoms with Gasteiger partial charge in [-0.25, -0.2) is 0 Å². The van der Waals surface area contributed by atoms with Gasteiger partial charge in [-0.15, -0.1) is 0 Å². The van der Waals surface area contributed by atoms with Crippen molar-refractivity contribution in [3.63, 3.8) is 0 Å². The summed E-state index contributed by atoms with van der Waals surface area (Å²) in [7, 11) is 0. The molecule has 0 aliphatic carbocycles. The summed E-state index contributed by atoms with van der Waals surface area (Å²) in [6.07, 6.45) is 8.71. The number of hydrogen-bond acceptors (Lipinski definition) is 3. The molecule has 62 valence electrons. The molecule has 1 aliphatic heterocycles. The Bertz CT molecular complexity index is 158. The van der Waals surface area contributed by atoms with Gasteiger partial charge < -0.3 is 16.4 Å². The molecule has 1 aliphatic rings. The smallest absolute Gasteiger partial charge is 0.107 e. The molecule has 0 aromatic heterocycles. The molecule has 0 radical (unpaired) electrons. The highest BCUT2D eigenvalue weighted by Gasteiger charge is 1.91. The number of hydrogen-bond donors (Lipinski definition) is 3. The van der Waals surface area contributed by atoms with Gasteiger partial charge in [0.05, 0.1) is 0 Å². The zero-order valence-electron chi connectivity index (χ0n) is 6.96. The molecule has 1 heterocycles. The minimum Gasteiger partial charge on any atom is -0.405 e. The molecule has 0 atom stereocenters. The van der Waals surface area contributed by atoms with Crippen molar-refractivity contribution in [2.45, 2.75) is 13.8 Å². The first-order valence-corrected chi connectivity index (χ1v) is 3.70. The van der Waals surface area contributed by atoms with Crippen molar-refractivity contribution in [1.29, 1.82) is 0 Å². The highest BCUT2D eigenvalue weighted by atomic mass is 15.1. The zero-order chi connectivity index (χ0) is 8.53. The minimum absolute atomic E-state index is 0.941. The summed E-state index contributed by atoms with van der Waals surface area (Å²) < 4.78 is 0. The van der Waals surface area contributed by atoms with Crippen LogP contribution in [0.5, 0.6) is 0 Å². The van der Waals surface area contributed by atoms with Crippen LogP contribution in [0.25, 0.3) is 0 Å². The molecule has 11 heavy (non-hydrogen) atoms. The average molecular weight is 153 g/mol. The molecule has 0 aromatic rings. The summed E-state index contributed by atoms with van der Waals surface area (Å²) in [5.74, 6) is 0.941. The van der Waals surface area contributed by atoms with Gasteiger partial charge in [-0.2, -0.15) is 0 Å². The average Bonchev–Trinajstić information content (AvgIpc) is 2.57. The van der Waals surface area contributed by atoms with Crippen molar-refractivity contribution in [3.05, 3.63) is 36.6 Å². The van der Waals surface area contributed by atoms with E-state index < -0.39 is 0 Å². The van der Waals surface area contributed by atoms with Gasteiger partial charge in [0.1, 0.15) is 5.82 Å². The largest absolute Gasteiger partial charge is 0.405 e. The molecular formula is C8H15N3. The molecule has 0 saturated carbocycles. The standard InChI is InChI=1S/C6H9N3.C2H6/c7-3-1-2-6-8-4-5-9-6;1-2/h1-5,8-9H,7H2;1-2H3/b3-1-;. The Morgan fingerprint density at radius 2 is 1.82 bits per heavy atom. The van der Waals surface area contributed by atoms with Gasteiger partial charge in [0.25, 0.3) is 0 Å². The SMILES string of the molecule is CC.N/C=C\C=C1NC=CN1. The van der Waals surface area contributed by atoms with Crippen LogP contribution < -0.4 is 16.4 Å². The van der Waals surface area contributed by atoms with Crippen molar-refractivity contribution < 1.29 is 0 Å². The van der Waals surface area contributed by atoms with Gasteiger partial charge >= 0.3 is 0 Å². The summed E-state index contributed by atoms with van der Waals surface area (Å²) in [5.41, 5.74) is 5.11. The Kier molecular flexibility index (Phi) is 5.89. The third kappa shape index (κ3) is 4.08. The van der Waals surface area contributed by atoms with Crippen molar-refractivity contribution in [2.75, 3.05) is 0 Å². The van der Waals surface area contributed by atoms with Gasteiger partial charge in [-0.05, 0) is 18.4 Å². The van der Waals surface area contributed by atoms with E-state index >= 15 is 0 Å². The van der Waals surface area contributed by atoms with Crippen molar-refractivity contribution in [2.24, 2.45) is 5.73 Å². The second kappa shape index (κ2) is 6.74. The maximum absolute atomic E-state index is 5.11. The highest BCUT2D eigenvalue weighted by Crippen LogP contribution is 1.89. The van der Waals surface area contributed by atoms with Crippen LogP contribution >= 0.6 is 0 Å². The first-order valence-electron chi connectivity index (χ1n) is 3.70. The second-order valence-corrected chi connectivity index (χ2v) is 1.59. The van der Waals surface area contributed by atoms with E-state index in [0.717, 1.165) is 5.82 Å². The lowest BCUT2D eigenvalue weighted by atomic mass is 10.5. The van der Waals surface area contributed by atoms with Crippen LogP contribution in [0.1, 0.15) is 13.8 Å². The molecule has 3 heteroatoms. The molecule has 0 amide bonds. The maximum atomic E-state index is 5.11. The zero-order valence-corrected chi connectivity index (χ0v) is 6.96. The lowest BCUT2D eigenvalue weighted by Crippen LogP contribution is -2.08. The number of nitrogens with one attached hydrogen (secondary N) is 2. The topological polar surface area (TPSA) is 50.1 Å². The van der Waals surface area contributed by atoms with Crippen molar-refractivity contribution in [3.8, 4) is 0 Å². The van der Waals surface area contributed by atoms with E-state index in [4.69, 9.17) is 5.73 Å². The monoisotopic (exact) mass is 153 g/mol. The van der Waals surface area contributed by atoms with Gasteiger partial charge in [-0.1, -0.05) is 13.8 Å². The van der Waals surface area contributed by atoms with E-state index in [1.807, 2.05) is 32.3 Å². The van der Waals surface area contributed by atoms with Gasteiger partial charge in [-0.3, -0.25) is 0 Å². The Hall–Kier alpha value is -1.38. The van der Waals surface area contributed by atoms with Crippen LogP contribution in [0.4, 0.5) is 0 Å². The second-order valence-electron chi connectivity index (χ2n) is 1.59. The first-order chi connectivity index (χ1) is 5.43. The number of rotatable bonds is 1. The number of allylic oxidation sites excluding steroid dienone is 2. The fourth-order valence-electron chi connectivity index (χ4n) is 0.553. The van der Waals surface area contributed by atoms with Gasteiger partial charge in [0, 0.05) is 12.4 Å². The van der Waals surface area contributed by atoms with E-state index in [1.165, 1.54) is 6.20 Å². The lowest BCUT2D eigenvalue weighted by molar-refractivity contribution is 0.989. The van der Waals surface area contributed by atoms with E-state index in [-0.39, 0.29) is 0 Å². The van der Waals surface area contributed by atoms with Crippen LogP contribution in [-0.4, -0.2) is 0 Å². The van der Waals surface area contributed by atoms with E-state index in [2.05, 4.69) is 10.6 Å². The molecule has 0 fully saturated rings. The van der Waals surface area contributed by atoms with Gasteiger partial charge in [0.15, 0.2) is 0 Å². The molecule has 1 rings (SSSR count). The van der Waals surface area contributed by atoms with Crippen molar-refractivity contribution >= 4 is 0 Å². The quantitative estimate of drug-likeness (QED) is 0.526. The molecule has 0 spiro atoms. The van der Waals surface area contributed by atoms with Crippen LogP contribution in [0, 0.1) is 0 Å². The minimum atomic E-state index is 0.941. The van der Waals surface area contributed by atoms with E-state index in [0.29, 0.717) is 0 Å². The van der Waals surface area contributed by atoms with Crippen LogP contribution in [0.15, 0.2) is 36.6 Å². The molecule has 0 saturated heterocycles. The maximum Gasteiger partial charge on any atom is 0.107 e. The van der Waals surface area contributed by atoms with Crippen LogP contribution in [0.2, 0.25) is 0 Å². The third-order valence-corrected chi connectivity index (χ3v) is 0.935. The molecule has 0 unspecified atom stereocenters. The van der Waals surface area contributed by atoms with Crippen LogP contribution in [-0.2, 0) is 0 Å². The van der Waals surface area contributed by atoms with Crippen LogP contribution in [0.3, 0.4) is 0 Å². The van der Waals surface area contributed by atoms with E-state index in [9.17, 15) is 0 Å².